The second-order valence-electron chi connectivity index (χ2n) is 4.95. The van der Waals surface area contributed by atoms with Crippen LogP contribution < -0.4 is 9.47 Å². The molecule has 0 aliphatic carbocycles. The number of carbonyl (C=O) groups excluding carboxylic acids is 1. The minimum atomic E-state index is 0.0363. The molecule has 1 amide bonds. The molecule has 1 heterocycles. The molecule has 5 heteroatoms. The van der Waals surface area contributed by atoms with Crippen LogP contribution in [0.4, 0.5) is 0 Å². The molecular weight excluding hydrogens is 268 g/mol. The van der Waals surface area contributed by atoms with Gasteiger partial charge in [0.15, 0.2) is 11.5 Å². The molecule has 0 atom stereocenters. The zero-order chi connectivity index (χ0) is 15.2. The van der Waals surface area contributed by atoms with Crippen molar-refractivity contribution in [2.45, 2.75) is 0 Å². The zero-order valence-corrected chi connectivity index (χ0v) is 12.7. The molecule has 0 radical (unpaired) electrons. The number of rotatable bonds is 5. The van der Waals surface area contributed by atoms with E-state index in [1.165, 1.54) is 0 Å². The summed E-state index contributed by atoms with van der Waals surface area (Å²) in [5.74, 6) is 1.24. The Balaban J connectivity index is 2.05. The second-order valence-corrected chi connectivity index (χ2v) is 4.95. The SMILES string of the molecule is C=CCN1CCN(C(=O)c2ccc(OC)c(OC)c2)CC1. The monoisotopic (exact) mass is 290 g/mol. The Morgan fingerprint density at radius 3 is 2.43 bits per heavy atom. The Morgan fingerprint density at radius 2 is 1.86 bits per heavy atom. The smallest absolute Gasteiger partial charge is 0.254 e. The van der Waals surface area contributed by atoms with Crippen LogP contribution in [-0.2, 0) is 0 Å². The quantitative estimate of drug-likeness (QED) is 0.773. The van der Waals surface area contributed by atoms with Gasteiger partial charge in [-0.1, -0.05) is 6.08 Å². The number of ether oxygens (including phenoxy) is 2. The summed E-state index contributed by atoms with van der Waals surface area (Å²) in [6.07, 6.45) is 1.89. The summed E-state index contributed by atoms with van der Waals surface area (Å²) in [5, 5.41) is 0. The molecule has 1 saturated heterocycles. The second kappa shape index (κ2) is 7.13. The van der Waals surface area contributed by atoms with E-state index in [0.717, 1.165) is 32.7 Å². The van der Waals surface area contributed by atoms with E-state index >= 15 is 0 Å². The summed E-state index contributed by atoms with van der Waals surface area (Å²) in [6.45, 7) is 7.85. The molecule has 2 rings (SSSR count). The maximum absolute atomic E-state index is 12.5. The van der Waals surface area contributed by atoms with Crippen LogP contribution in [0, 0.1) is 0 Å². The van der Waals surface area contributed by atoms with Crippen LogP contribution in [0.1, 0.15) is 10.4 Å². The van der Waals surface area contributed by atoms with Gasteiger partial charge in [0, 0.05) is 38.3 Å². The van der Waals surface area contributed by atoms with Gasteiger partial charge >= 0.3 is 0 Å². The van der Waals surface area contributed by atoms with Crippen molar-refractivity contribution < 1.29 is 14.3 Å². The lowest BCUT2D eigenvalue weighted by Gasteiger charge is -2.34. The van der Waals surface area contributed by atoms with E-state index < -0.39 is 0 Å². The molecule has 1 fully saturated rings. The third-order valence-electron chi connectivity index (χ3n) is 3.68. The Labute approximate surface area is 125 Å². The first-order valence-corrected chi connectivity index (χ1v) is 7.04. The summed E-state index contributed by atoms with van der Waals surface area (Å²) in [6, 6.07) is 5.27. The molecule has 0 unspecified atom stereocenters. The summed E-state index contributed by atoms with van der Waals surface area (Å²) in [7, 11) is 3.15. The first-order chi connectivity index (χ1) is 10.2. The standard InChI is InChI=1S/C16H22N2O3/c1-4-7-17-8-10-18(11-9-17)16(19)13-5-6-14(20-2)15(12-13)21-3/h4-6,12H,1,7-11H2,2-3H3. The molecular formula is C16H22N2O3. The van der Waals surface area contributed by atoms with Gasteiger partial charge in [0.05, 0.1) is 14.2 Å². The van der Waals surface area contributed by atoms with Gasteiger partial charge in [-0.05, 0) is 18.2 Å². The third-order valence-corrected chi connectivity index (χ3v) is 3.68. The zero-order valence-electron chi connectivity index (χ0n) is 12.7. The Kier molecular flexibility index (Phi) is 5.22. The van der Waals surface area contributed by atoms with E-state index in [-0.39, 0.29) is 5.91 Å². The first-order valence-electron chi connectivity index (χ1n) is 7.04. The van der Waals surface area contributed by atoms with Crippen LogP contribution >= 0.6 is 0 Å². The summed E-state index contributed by atoms with van der Waals surface area (Å²) >= 11 is 0. The predicted molar refractivity (Wildman–Crippen MR) is 82.1 cm³/mol. The number of carbonyl (C=O) groups is 1. The molecule has 0 aromatic heterocycles. The minimum absolute atomic E-state index is 0.0363. The highest BCUT2D eigenvalue weighted by atomic mass is 16.5. The predicted octanol–water partition coefficient (Wildman–Crippen LogP) is 1.65. The third kappa shape index (κ3) is 3.55. The molecule has 1 aliphatic rings. The average Bonchev–Trinajstić information content (AvgIpc) is 2.54. The maximum Gasteiger partial charge on any atom is 0.254 e. The van der Waals surface area contributed by atoms with Crippen LogP contribution in [0.15, 0.2) is 30.9 Å². The van der Waals surface area contributed by atoms with Crippen LogP contribution in [0.3, 0.4) is 0 Å². The van der Waals surface area contributed by atoms with Crippen molar-refractivity contribution in [3.8, 4) is 11.5 Å². The number of piperazine rings is 1. The Morgan fingerprint density at radius 1 is 1.19 bits per heavy atom. The van der Waals surface area contributed by atoms with Gasteiger partial charge in [-0.3, -0.25) is 9.69 Å². The van der Waals surface area contributed by atoms with Gasteiger partial charge < -0.3 is 14.4 Å². The van der Waals surface area contributed by atoms with Crippen molar-refractivity contribution in [2.75, 3.05) is 46.9 Å². The van der Waals surface area contributed by atoms with Crippen LogP contribution in [0.2, 0.25) is 0 Å². The van der Waals surface area contributed by atoms with Gasteiger partial charge in [0.2, 0.25) is 0 Å². The fourth-order valence-electron chi connectivity index (χ4n) is 2.47. The molecule has 0 N–H and O–H groups in total. The van der Waals surface area contributed by atoms with E-state index in [9.17, 15) is 4.79 Å². The van der Waals surface area contributed by atoms with E-state index in [4.69, 9.17) is 9.47 Å². The molecule has 0 saturated carbocycles. The molecule has 1 aromatic carbocycles. The molecule has 1 aromatic rings. The van der Waals surface area contributed by atoms with Crippen molar-refractivity contribution in [3.63, 3.8) is 0 Å². The van der Waals surface area contributed by atoms with Gasteiger partial charge in [-0.25, -0.2) is 0 Å². The number of methoxy groups -OCH3 is 2. The molecule has 0 bridgehead atoms. The molecule has 1 aliphatic heterocycles. The number of benzene rings is 1. The van der Waals surface area contributed by atoms with Crippen molar-refractivity contribution >= 4 is 5.91 Å². The topological polar surface area (TPSA) is 42.0 Å². The molecule has 5 nitrogen and oxygen atoms in total. The number of nitrogens with zero attached hydrogens (tertiary/aromatic N) is 2. The Hall–Kier alpha value is -2.01. The van der Waals surface area contributed by atoms with Crippen molar-refractivity contribution in [1.82, 2.24) is 9.80 Å². The number of hydrogen-bond acceptors (Lipinski definition) is 4. The Bertz CT molecular complexity index is 508. The fourth-order valence-corrected chi connectivity index (χ4v) is 2.47. The average molecular weight is 290 g/mol. The van der Waals surface area contributed by atoms with Gasteiger partial charge in [-0.2, -0.15) is 0 Å². The van der Waals surface area contributed by atoms with E-state index in [1.54, 1.807) is 32.4 Å². The highest BCUT2D eigenvalue weighted by molar-refractivity contribution is 5.95. The van der Waals surface area contributed by atoms with Crippen molar-refractivity contribution in [2.24, 2.45) is 0 Å². The largest absolute Gasteiger partial charge is 0.493 e. The van der Waals surface area contributed by atoms with Crippen LogP contribution in [0.5, 0.6) is 11.5 Å². The summed E-state index contributed by atoms with van der Waals surface area (Å²) in [5.41, 5.74) is 0.629. The van der Waals surface area contributed by atoms with Gasteiger partial charge in [0.1, 0.15) is 0 Å². The minimum Gasteiger partial charge on any atom is -0.493 e. The fraction of sp³-hybridized carbons (Fsp3) is 0.438. The summed E-state index contributed by atoms with van der Waals surface area (Å²) < 4.78 is 10.4. The number of amides is 1. The maximum atomic E-state index is 12.5. The molecule has 0 spiro atoms. The molecule has 21 heavy (non-hydrogen) atoms. The molecule has 114 valence electrons. The van der Waals surface area contributed by atoms with Crippen molar-refractivity contribution in [3.05, 3.63) is 36.4 Å². The summed E-state index contributed by atoms with van der Waals surface area (Å²) in [4.78, 5) is 16.7. The van der Waals surface area contributed by atoms with Crippen LogP contribution in [-0.4, -0.2) is 62.7 Å². The van der Waals surface area contributed by atoms with E-state index in [2.05, 4.69) is 11.5 Å². The lowest BCUT2D eigenvalue weighted by molar-refractivity contribution is 0.0650. The van der Waals surface area contributed by atoms with Crippen molar-refractivity contribution in [1.29, 1.82) is 0 Å². The van der Waals surface area contributed by atoms with Crippen LogP contribution in [0.25, 0.3) is 0 Å². The normalized spacial score (nSPS) is 15.6. The highest BCUT2D eigenvalue weighted by Crippen LogP contribution is 2.28. The van der Waals surface area contributed by atoms with Gasteiger partial charge in [0.25, 0.3) is 5.91 Å². The lowest BCUT2D eigenvalue weighted by Crippen LogP contribution is -2.48. The highest BCUT2D eigenvalue weighted by Gasteiger charge is 2.22. The van der Waals surface area contributed by atoms with Gasteiger partial charge in [-0.15, -0.1) is 6.58 Å². The lowest BCUT2D eigenvalue weighted by atomic mass is 10.1. The van der Waals surface area contributed by atoms with E-state index in [1.807, 2.05) is 11.0 Å². The van der Waals surface area contributed by atoms with E-state index in [0.29, 0.717) is 17.1 Å². The first kappa shape index (κ1) is 15.4. The number of hydrogen-bond donors (Lipinski definition) is 0.